The van der Waals surface area contributed by atoms with Gasteiger partial charge in [0.15, 0.2) is 0 Å². The maximum Gasteiger partial charge on any atom is 0.114 e. The maximum absolute atomic E-state index is 4.93. The van der Waals surface area contributed by atoms with Crippen LogP contribution in [0.4, 0.5) is 0 Å². The number of hydrogen-bond donors (Lipinski definition) is 0. The van der Waals surface area contributed by atoms with Crippen LogP contribution < -0.4 is 0 Å². The van der Waals surface area contributed by atoms with Crippen molar-refractivity contribution >= 4 is 5.71 Å². The van der Waals surface area contributed by atoms with Gasteiger partial charge in [0.05, 0.1) is 5.71 Å². The summed E-state index contributed by atoms with van der Waals surface area (Å²) in [6, 6.07) is 0. The van der Waals surface area contributed by atoms with Crippen LogP contribution in [0.1, 0.15) is 13.3 Å². The lowest BCUT2D eigenvalue weighted by molar-refractivity contribution is 0.158. The lowest BCUT2D eigenvalue weighted by atomic mass is 10.3. The molecular formula is C7H14N2O. The highest BCUT2D eigenvalue weighted by Gasteiger charge is 2.13. The predicted octanol–water partition coefficient (Wildman–Crippen LogP) is 0.714. The van der Waals surface area contributed by atoms with Crippen LogP contribution in [0.3, 0.4) is 0 Å². The Morgan fingerprint density at radius 2 is 2.50 bits per heavy atom. The molecule has 1 aliphatic rings. The van der Waals surface area contributed by atoms with Crippen molar-refractivity contribution in [1.29, 1.82) is 0 Å². The fourth-order valence-electron chi connectivity index (χ4n) is 1.02. The third-order valence-electron chi connectivity index (χ3n) is 1.56. The van der Waals surface area contributed by atoms with Crippen molar-refractivity contribution in [2.24, 2.45) is 5.16 Å². The molecule has 0 aromatic heterocycles. The molecular weight excluding hydrogens is 128 g/mol. The lowest BCUT2D eigenvalue weighted by Crippen LogP contribution is -2.13. The van der Waals surface area contributed by atoms with Gasteiger partial charge in [0.1, 0.15) is 6.61 Å². The van der Waals surface area contributed by atoms with E-state index in [1.54, 1.807) is 0 Å². The summed E-state index contributed by atoms with van der Waals surface area (Å²) >= 11 is 0. The average molecular weight is 142 g/mol. The van der Waals surface area contributed by atoms with Crippen molar-refractivity contribution in [3.05, 3.63) is 0 Å². The zero-order valence-corrected chi connectivity index (χ0v) is 6.63. The topological polar surface area (TPSA) is 24.8 Å². The molecule has 10 heavy (non-hydrogen) atoms. The van der Waals surface area contributed by atoms with E-state index >= 15 is 0 Å². The van der Waals surface area contributed by atoms with Gasteiger partial charge in [0.2, 0.25) is 0 Å². The Balaban J connectivity index is 2.29. The minimum absolute atomic E-state index is 0.674. The molecule has 0 atom stereocenters. The molecule has 0 aromatic carbocycles. The molecule has 0 radical (unpaired) electrons. The van der Waals surface area contributed by atoms with Gasteiger partial charge < -0.3 is 9.74 Å². The second-order valence-corrected chi connectivity index (χ2v) is 2.56. The van der Waals surface area contributed by atoms with Gasteiger partial charge in [-0.2, -0.15) is 0 Å². The summed E-state index contributed by atoms with van der Waals surface area (Å²) in [5.41, 5.74) is 1.17. The van der Waals surface area contributed by atoms with E-state index in [-0.39, 0.29) is 0 Å². The van der Waals surface area contributed by atoms with Crippen molar-refractivity contribution in [2.45, 2.75) is 13.3 Å². The van der Waals surface area contributed by atoms with Gasteiger partial charge in [-0.25, -0.2) is 0 Å². The highest BCUT2D eigenvalue weighted by atomic mass is 16.6. The Kier molecular flexibility index (Phi) is 2.68. The van der Waals surface area contributed by atoms with Crippen molar-refractivity contribution in [1.82, 2.24) is 4.90 Å². The van der Waals surface area contributed by atoms with Gasteiger partial charge >= 0.3 is 0 Å². The third-order valence-corrected chi connectivity index (χ3v) is 1.56. The largest absolute Gasteiger partial charge is 0.396 e. The van der Waals surface area contributed by atoms with Gasteiger partial charge in [0.25, 0.3) is 0 Å². The van der Waals surface area contributed by atoms with E-state index in [1.165, 1.54) is 5.71 Å². The van der Waals surface area contributed by atoms with Crippen LogP contribution in [0.2, 0.25) is 0 Å². The average Bonchev–Trinajstić information content (AvgIpc) is 2.31. The van der Waals surface area contributed by atoms with E-state index in [0.29, 0.717) is 6.61 Å². The van der Waals surface area contributed by atoms with Gasteiger partial charge in [-0.05, 0) is 14.0 Å². The summed E-state index contributed by atoms with van der Waals surface area (Å²) in [5, 5.41) is 3.97. The lowest BCUT2D eigenvalue weighted by Gasteiger charge is -2.01. The van der Waals surface area contributed by atoms with Gasteiger partial charge in [-0.1, -0.05) is 5.16 Å². The Bertz CT molecular complexity index is 134. The molecule has 0 aliphatic carbocycles. The molecule has 1 rings (SSSR count). The second-order valence-electron chi connectivity index (χ2n) is 2.56. The molecule has 0 unspecified atom stereocenters. The van der Waals surface area contributed by atoms with Crippen molar-refractivity contribution in [3.63, 3.8) is 0 Å². The molecule has 0 spiro atoms. The maximum atomic E-state index is 4.93. The van der Waals surface area contributed by atoms with Crippen molar-refractivity contribution in [2.75, 3.05) is 26.7 Å². The van der Waals surface area contributed by atoms with Crippen LogP contribution in [0.25, 0.3) is 0 Å². The quantitative estimate of drug-likeness (QED) is 0.530. The highest BCUT2D eigenvalue weighted by Crippen LogP contribution is 2.02. The Hall–Kier alpha value is -0.570. The monoisotopic (exact) mass is 142 g/mol. The molecule has 1 fully saturated rings. The number of hydrogen-bond acceptors (Lipinski definition) is 3. The molecule has 0 bridgehead atoms. The van der Waals surface area contributed by atoms with Gasteiger partial charge in [-0.15, -0.1) is 0 Å². The molecule has 1 saturated heterocycles. The molecule has 0 saturated carbocycles. The summed E-state index contributed by atoms with van der Waals surface area (Å²) in [6.07, 6.45) is 1.07. The second kappa shape index (κ2) is 3.56. The molecule has 0 aromatic rings. The summed E-state index contributed by atoms with van der Waals surface area (Å²) in [4.78, 5) is 7.16. The summed E-state index contributed by atoms with van der Waals surface area (Å²) in [5.74, 6) is 0. The van der Waals surface area contributed by atoms with Gasteiger partial charge in [0, 0.05) is 19.5 Å². The van der Waals surface area contributed by atoms with Crippen LogP contribution >= 0.6 is 0 Å². The van der Waals surface area contributed by atoms with E-state index in [1.807, 2.05) is 6.92 Å². The predicted molar refractivity (Wildman–Crippen MR) is 41.2 cm³/mol. The van der Waals surface area contributed by atoms with E-state index < -0.39 is 0 Å². The van der Waals surface area contributed by atoms with Crippen LogP contribution in [-0.4, -0.2) is 37.4 Å². The first-order chi connectivity index (χ1) is 4.83. The normalized spacial score (nSPS) is 24.0. The van der Waals surface area contributed by atoms with Crippen molar-refractivity contribution in [3.8, 4) is 0 Å². The van der Waals surface area contributed by atoms with E-state index in [9.17, 15) is 0 Å². The summed E-state index contributed by atoms with van der Waals surface area (Å²) in [7, 11) is 2.09. The molecule has 1 heterocycles. The van der Waals surface area contributed by atoms with Crippen LogP contribution in [0.5, 0.6) is 0 Å². The van der Waals surface area contributed by atoms with E-state index in [2.05, 4.69) is 17.1 Å². The van der Waals surface area contributed by atoms with Crippen molar-refractivity contribution < 1.29 is 4.84 Å². The number of rotatable bonds is 2. The first-order valence-corrected chi connectivity index (χ1v) is 3.69. The highest BCUT2D eigenvalue weighted by molar-refractivity contribution is 5.87. The third kappa shape index (κ3) is 1.99. The summed E-state index contributed by atoms with van der Waals surface area (Å²) < 4.78 is 0. The standard InChI is InChI=1S/C7H14N2O/c1-3-10-8-7-4-5-9(2)6-7/h3-6H2,1-2H3/b8-7-. The minimum atomic E-state index is 0.674. The fraction of sp³-hybridized carbons (Fsp3) is 0.857. The van der Waals surface area contributed by atoms with Crippen LogP contribution in [-0.2, 0) is 4.84 Å². The minimum Gasteiger partial charge on any atom is -0.396 e. The number of oxime groups is 1. The smallest absolute Gasteiger partial charge is 0.114 e. The molecule has 3 nitrogen and oxygen atoms in total. The van der Waals surface area contributed by atoms with Gasteiger partial charge in [-0.3, -0.25) is 0 Å². The zero-order chi connectivity index (χ0) is 7.40. The van der Waals surface area contributed by atoms with E-state index in [0.717, 1.165) is 19.5 Å². The number of nitrogens with zero attached hydrogens (tertiary/aromatic N) is 2. The molecule has 3 heteroatoms. The fourth-order valence-corrected chi connectivity index (χ4v) is 1.02. The SMILES string of the molecule is CCO/N=C1/CCN(C)C1. The molecule has 58 valence electrons. The van der Waals surface area contributed by atoms with Crippen LogP contribution in [0, 0.1) is 0 Å². The Labute approximate surface area is 61.6 Å². The molecule has 0 amide bonds. The van der Waals surface area contributed by atoms with Crippen LogP contribution in [0.15, 0.2) is 5.16 Å². The van der Waals surface area contributed by atoms with E-state index in [4.69, 9.17) is 4.84 Å². The first kappa shape index (κ1) is 7.54. The summed E-state index contributed by atoms with van der Waals surface area (Å²) in [6.45, 7) is 4.71. The number of likely N-dealkylation sites (tertiary alicyclic amines) is 1. The molecule has 0 N–H and O–H groups in total. The first-order valence-electron chi connectivity index (χ1n) is 3.69. The Morgan fingerprint density at radius 3 is 3.00 bits per heavy atom. The molecule has 1 aliphatic heterocycles. The zero-order valence-electron chi connectivity index (χ0n) is 6.63. The Morgan fingerprint density at radius 1 is 1.70 bits per heavy atom.